The van der Waals surface area contributed by atoms with Gasteiger partial charge in [0.1, 0.15) is 4.90 Å². The Kier molecular flexibility index (Phi) is 4.06. The van der Waals surface area contributed by atoms with Crippen LogP contribution in [0.15, 0.2) is 29.3 Å². The number of aryl methyl sites for hydroxylation is 3. The van der Waals surface area contributed by atoms with E-state index in [1.165, 1.54) is 17.3 Å². The molecule has 0 amide bonds. The van der Waals surface area contributed by atoms with Crippen molar-refractivity contribution in [1.82, 2.24) is 14.1 Å². The summed E-state index contributed by atoms with van der Waals surface area (Å²) in [5.41, 5.74) is 4.18. The van der Waals surface area contributed by atoms with Crippen molar-refractivity contribution in [3.8, 4) is 0 Å². The van der Waals surface area contributed by atoms with Crippen LogP contribution in [-0.4, -0.2) is 29.0 Å². The fraction of sp³-hybridized carbons (Fsp3) is 0.471. The minimum atomic E-state index is -3.52. The molecule has 6 heteroatoms. The lowest BCUT2D eigenvalue weighted by molar-refractivity contribution is 0.396. The number of hydrogen-bond acceptors (Lipinski definition) is 3. The summed E-state index contributed by atoms with van der Waals surface area (Å²) < 4.78 is 29.4. The molecule has 1 aromatic carbocycles. The third kappa shape index (κ3) is 2.70. The zero-order valence-electron chi connectivity index (χ0n) is 14.1. The van der Waals surface area contributed by atoms with E-state index in [1.807, 2.05) is 0 Å². The van der Waals surface area contributed by atoms with Gasteiger partial charge in [0, 0.05) is 13.6 Å². The summed E-state index contributed by atoms with van der Waals surface area (Å²) in [4.78, 5) is 0.315. The molecular formula is C17H23N3O2S. The first-order valence-electron chi connectivity index (χ1n) is 7.90. The van der Waals surface area contributed by atoms with Gasteiger partial charge in [-0.2, -0.15) is 9.40 Å². The summed E-state index contributed by atoms with van der Waals surface area (Å²) in [6.07, 6.45) is 3.21. The number of benzene rings is 1. The van der Waals surface area contributed by atoms with Gasteiger partial charge in [-0.15, -0.1) is 0 Å². The third-order valence-corrected chi connectivity index (χ3v) is 6.91. The normalized spacial score (nSPS) is 19.4. The van der Waals surface area contributed by atoms with Gasteiger partial charge in [0.05, 0.1) is 17.9 Å². The monoisotopic (exact) mass is 333 g/mol. The average Bonchev–Trinajstić information content (AvgIpc) is 3.11. The molecule has 0 bridgehead atoms. The molecule has 1 saturated heterocycles. The Morgan fingerprint density at radius 2 is 1.91 bits per heavy atom. The molecule has 0 aliphatic carbocycles. The summed E-state index contributed by atoms with van der Waals surface area (Å²) in [6, 6.07) is 6.16. The van der Waals surface area contributed by atoms with Crippen LogP contribution in [-0.2, 0) is 17.1 Å². The molecule has 1 aliphatic rings. The molecule has 0 spiro atoms. The fourth-order valence-corrected chi connectivity index (χ4v) is 5.06. The van der Waals surface area contributed by atoms with E-state index in [4.69, 9.17) is 0 Å². The number of sulfonamides is 1. The molecule has 1 aromatic heterocycles. The smallest absolute Gasteiger partial charge is 0.247 e. The van der Waals surface area contributed by atoms with Crippen LogP contribution in [0, 0.1) is 20.8 Å². The third-order valence-electron chi connectivity index (χ3n) is 4.90. The second-order valence-corrected chi connectivity index (χ2v) is 8.19. The number of rotatable bonds is 3. The van der Waals surface area contributed by atoms with Crippen molar-refractivity contribution in [2.45, 2.75) is 44.6 Å². The first-order chi connectivity index (χ1) is 10.8. The van der Waals surface area contributed by atoms with E-state index in [-0.39, 0.29) is 6.04 Å². The summed E-state index contributed by atoms with van der Waals surface area (Å²) >= 11 is 0. The summed E-state index contributed by atoms with van der Waals surface area (Å²) in [7, 11) is -1.76. The van der Waals surface area contributed by atoms with Gasteiger partial charge in [0.2, 0.25) is 10.0 Å². The molecule has 1 fully saturated rings. The maximum absolute atomic E-state index is 13.1. The van der Waals surface area contributed by atoms with Gasteiger partial charge < -0.3 is 0 Å². The van der Waals surface area contributed by atoms with Crippen molar-refractivity contribution in [2.75, 3.05) is 6.54 Å². The van der Waals surface area contributed by atoms with Crippen LogP contribution >= 0.6 is 0 Å². The van der Waals surface area contributed by atoms with Gasteiger partial charge in [-0.3, -0.25) is 4.68 Å². The number of hydrogen-bond donors (Lipinski definition) is 0. The molecule has 0 saturated carbocycles. The van der Waals surface area contributed by atoms with Crippen molar-refractivity contribution in [2.24, 2.45) is 7.05 Å². The van der Waals surface area contributed by atoms with Gasteiger partial charge in [0.15, 0.2) is 0 Å². The van der Waals surface area contributed by atoms with E-state index < -0.39 is 10.0 Å². The van der Waals surface area contributed by atoms with Crippen molar-refractivity contribution in [3.05, 3.63) is 46.8 Å². The minimum Gasteiger partial charge on any atom is -0.272 e. The lowest BCUT2D eigenvalue weighted by atomic mass is 10.0. The maximum atomic E-state index is 13.1. The molecule has 3 rings (SSSR count). The molecule has 2 aromatic rings. The summed E-state index contributed by atoms with van der Waals surface area (Å²) in [6.45, 7) is 6.49. The quantitative estimate of drug-likeness (QED) is 0.868. The summed E-state index contributed by atoms with van der Waals surface area (Å²) in [5.74, 6) is 0. The van der Waals surface area contributed by atoms with Gasteiger partial charge in [-0.05, 0) is 50.3 Å². The molecule has 2 heterocycles. The van der Waals surface area contributed by atoms with Crippen LogP contribution in [0.4, 0.5) is 0 Å². The highest BCUT2D eigenvalue weighted by Gasteiger charge is 2.37. The maximum Gasteiger partial charge on any atom is 0.247 e. The van der Waals surface area contributed by atoms with E-state index in [0.29, 0.717) is 17.1 Å². The van der Waals surface area contributed by atoms with Crippen LogP contribution in [0.5, 0.6) is 0 Å². The molecule has 0 radical (unpaired) electrons. The highest BCUT2D eigenvalue weighted by Crippen LogP contribution is 2.37. The van der Waals surface area contributed by atoms with Gasteiger partial charge in [-0.25, -0.2) is 8.42 Å². The topological polar surface area (TPSA) is 55.2 Å². The zero-order chi connectivity index (χ0) is 16.8. The number of aromatic nitrogens is 2. The van der Waals surface area contributed by atoms with Crippen molar-refractivity contribution >= 4 is 10.0 Å². The molecule has 124 valence electrons. The second kappa shape index (κ2) is 5.76. The average molecular weight is 333 g/mol. The van der Waals surface area contributed by atoms with Crippen molar-refractivity contribution in [1.29, 1.82) is 0 Å². The van der Waals surface area contributed by atoms with Crippen LogP contribution in [0.25, 0.3) is 0 Å². The van der Waals surface area contributed by atoms with Crippen molar-refractivity contribution in [3.63, 3.8) is 0 Å². The number of nitrogens with zero attached hydrogens (tertiary/aromatic N) is 3. The zero-order valence-corrected chi connectivity index (χ0v) is 14.9. The van der Waals surface area contributed by atoms with E-state index in [2.05, 4.69) is 37.1 Å². The van der Waals surface area contributed by atoms with Gasteiger partial charge in [0.25, 0.3) is 0 Å². The molecule has 1 aliphatic heterocycles. The first-order valence-corrected chi connectivity index (χ1v) is 9.34. The predicted octanol–water partition coefficient (Wildman–Crippen LogP) is 2.87. The van der Waals surface area contributed by atoms with Crippen LogP contribution in [0.1, 0.15) is 41.3 Å². The molecule has 0 unspecified atom stereocenters. The largest absolute Gasteiger partial charge is 0.272 e. The molecule has 0 N–H and O–H groups in total. The SMILES string of the molecule is Cc1ccc([C@H]2CCCN2S(=O)(=O)c2cnn(C)c2C)cc1C. The second-order valence-electron chi connectivity index (χ2n) is 6.34. The van der Waals surface area contributed by atoms with Gasteiger partial charge >= 0.3 is 0 Å². The Balaban J connectivity index is 2.01. The summed E-state index contributed by atoms with van der Waals surface area (Å²) in [5, 5.41) is 4.09. The van der Waals surface area contributed by atoms with Crippen LogP contribution in [0.2, 0.25) is 0 Å². The predicted molar refractivity (Wildman–Crippen MR) is 89.7 cm³/mol. The van der Waals surface area contributed by atoms with Crippen molar-refractivity contribution < 1.29 is 8.42 Å². The first kappa shape index (κ1) is 16.2. The minimum absolute atomic E-state index is 0.0843. The fourth-order valence-electron chi connectivity index (χ4n) is 3.19. The lowest BCUT2D eigenvalue weighted by Crippen LogP contribution is -2.31. The molecule has 5 nitrogen and oxygen atoms in total. The Morgan fingerprint density at radius 3 is 2.52 bits per heavy atom. The molecule has 1 atom stereocenters. The van der Waals surface area contributed by atoms with Crippen LogP contribution in [0.3, 0.4) is 0 Å². The molecule has 23 heavy (non-hydrogen) atoms. The van der Waals surface area contributed by atoms with E-state index in [0.717, 1.165) is 18.4 Å². The van der Waals surface area contributed by atoms with E-state index in [1.54, 1.807) is 23.0 Å². The van der Waals surface area contributed by atoms with Gasteiger partial charge in [-0.1, -0.05) is 18.2 Å². The Morgan fingerprint density at radius 1 is 1.17 bits per heavy atom. The highest BCUT2D eigenvalue weighted by molar-refractivity contribution is 7.89. The Bertz CT molecular complexity index is 840. The lowest BCUT2D eigenvalue weighted by Gasteiger charge is -2.24. The molecular weight excluding hydrogens is 310 g/mol. The van der Waals surface area contributed by atoms with Crippen LogP contribution < -0.4 is 0 Å². The Labute approximate surface area is 138 Å². The standard InChI is InChI=1S/C17H23N3O2S/c1-12-7-8-15(10-13(12)2)16-6-5-9-20(16)23(21,22)17-11-18-19(4)14(17)3/h7-8,10-11,16H,5-6,9H2,1-4H3/t16-/m1/s1. The Hall–Kier alpha value is -1.66. The van der Waals surface area contributed by atoms with E-state index >= 15 is 0 Å². The highest BCUT2D eigenvalue weighted by atomic mass is 32.2. The van der Waals surface area contributed by atoms with E-state index in [9.17, 15) is 8.42 Å².